The molecule has 0 spiro atoms. The fourth-order valence-electron chi connectivity index (χ4n) is 4.83. The van der Waals surface area contributed by atoms with E-state index < -0.39 is 0 Å². The number of esters is 2. The van der Waals surface area contributed by atoms with Crippen LogP contribution in [0.25, 0.3) is 0 Å². The second kappa shape index (κ2) is 21.8. The summed E-state index contributed by atoms with van der Waals surface area (Å²) in [4.78, 5) is 24.0. The lowest BCUT2D eigenvalue weighted by Crippen LogP contribution is -2.22. The van der Waals surface area contributed by atoms with Crippen molar-refractivity contribution in [1.82, 2.24) is 0 Å². The molecule has 0 radical (unpaired) electrons. The average Bonchev–Trinajstić information content (AvgIpc) is 3.80. The Bertz CT molecular complexity index is 572. The lowest BCUT2D eigenvalue weighted by molar-refractivity contribution is -0.158. The van der Waals surface area contributed by atoms with Crippen molar-refractivity contribution < 1.29 is 28.5 Å². The maximum atomic E-state index is 12.0. The molecule has 0 aromatic heterocycles. The molecule has 216 valence electrons. The molecule has 0 saturated carbocycles. The molecule has 6 nitrogen and oxygen atoms in total. The molecule has 2 rings (SSSR count). The van der Waals surface area contributed by atoms with Gasteiger partial charge < -0.3 is 18.9 Å². The molecule has 0 aromatic carbocycles. The Labute approximate surface area is 226 Å². The van der Waals surface area contributed by atoms with Crippen LogP contribution in [0.15, 0.2) is 0 Å². The summed E-state index contributed by atoms with van der Waals surface area (Å²) in [6.07, 6.45) is 26.2. The molecule has 0 aliphatic carbocycles. The number of epoxide rings is 2. The van der Waals surface area contributed by atoms with Crippen molar-refractivity contribution in [3.05, 3.63) is 0 Å². The van der Waals surface area contributed by atoms with Crippen molar-refractivity contribution in [3.8, 4) is 0 Å². The molecule has 2 aliphatic rings. The monoisotopic (exact) mass is 524 g/mol. The summed E-state index contributed by atoms with van der Waals surface area (Å²) in [5.74, 6) is -0.361. The molecular weight excluding hydrogens is 468 g/mol. The molecule has 37 heavy (non-hydrogen) atoms. The zero-order valence-corrected chi connectivity index (χ0v) is 23.9. The van der Waals surface area contributed by atoms with Gasteiger partial charge in [-0.25, -0.2) is 0 Å². The van der Waals surface area contributed by atoms with Gasteiger partial charge in [-0.1, -0.05) is 103 Å². The summed E-state index contributed by atoms with van der Waals surface area (Å²) in [5, 5.41) is 0. The highest BCUT2D eigenvalue weighted by molar-refractivity contribution is 5.70. The van der Waals surface area contributed by atoms with Gasteiger partial charge in [0.25, 0.3) is 0 Å². The number of carbonyl (C=O) groups is 2. The maximum absolute atomic E-state index is 12.0. The maximum Gasteiger partial charge on any atom is 0.306 e. The van der Waals surface area contributed by atoms with Crippen LogP contribution in [0.1, 0.15) is 148 Å². The van der Waals surface area contributed by atoms with Gasteiger partial charge in [0.1, 0.15) is 12.7 Å². The van der Waals surface area contributed by atoms with Gasteiger partial charge in [-0.3, -0.25) is 9.59 Å². The van der Waals surface area contributed by atoms with Crippen LogP contribution in [0.3, 0.4) is 0 Å². The number of hydrogen-bond donors (Lipinski definition) is 0. The third-order valence-corrected chi connectivity index (χ3v) is 7.43. The molecule has 0 aromatic rings. The number of rotatable bonds is 27. The fraction of sp³-hybridized carbons (Fsp3) is 0.935. The highest BCUT2D eigenvalue weighted by Gasteiger charge is 2.21. The molecule has 0 amide bonds. The first-order valence-electron chi connectivity index (χ1n) is 15.7. The van der Waals surface area contributed by atoms with Gasteiger partial charge >= 0.3 is 11.9 Å². The fourth-order valence-corrected chi connectivity index (χ4v) is 4.83. The van der Waals surface area contributed by atoms with Gasteiger partial charge in [0.15, 0.2) is 0 Å². The molecule has 6 heteroatoms. The van der Waals surface area contributed by atoms with E-state index >= 15 is 0 Å². The van der Waals surface area contributed by atoms with E-state index in [4.69, 9.17) is 18.9 Å². The van der Waals surface area contributed by atoms with Gasteiger partial charge in [-0.15, -0.1) is 0 Å². The topological polar surface area (TPSA) is 77.7 Å². The van der Waals surface area contributed by atoms with Crippen LogP contribution in [-0.2, 0) is 28.5 Å². The van der Waals surface area contributed by atoms with Gasteiger partial charge in [0, 0.05) is 12.8 Å². The predicted octanol–water partition coefficient (Wildman–Crippen LogP) is 7.84. The Hall–Kier alpha value is -1.14. The second-order valence-electron chi connectivity index (χ2n) is 11.3. The summed E-state index contributed by atoms with van der Waals surface area (Å²) in [5.41, 5.74) is 0. The first-order valence-corrected chi connectivity index (χ1v) is 15.7. The lowest BCUT2D eigenvalue weighted by Gasteiger charge is -2.13. The summed E-state index contributed by atoms with van der Waals surface area (Å²) in [6, 6.07) is 0. The van der Waals surface area contributed by atoms with Crippen molar-refractivity contribution in [3.63, 3.8) is 0 Å². The Kier molecular flexibility index (Phi) is 18.9. The summed E-state index contributed by atoms with van der Waals surface area (Å²) >= 11 is 0. The highest BCUT2D eigenvalue weighted by Crippen LogP contribution is 2.19. The molecule has 0 N–H and O–H groups in total. The predicted molar refractivity (Wildman–Crippen MR) is 148 cm³/mol. The average molecular weight is 525 g/mol. The lowest BCUT2D eigenvalue weighted by atomic mass is 10.1. The Morgan fingerprint density at radius 3 is 1.35 bits per heavy atom. The normalized spacial score (nSPS) is 18.9. The van der Waals surface area contributed by atoms with Crippen molar-refractivity contribution >= 4 is 11.9 Å². The minimum Gasteiger partial charge on any atom is -0.462 e. The number of unbranched alkanes of at least 4 members (excludes halogenated alkanes) is 16. The van der Waals surface area contributed by atoms with Crippen LogP contribution in [0.5, 0.6) is 0 Å². The highest BCUT2D eigenvalue weighted by atomic mass is 16.6. The molecule has 0 bridgehead atoms. The summed E-state index contributed by atoms with van der Waals surface area (Å²) in [6.45, 7) is 3.92. The zero-order valence-electron chi connectivity index (χ0n) is 23.9. The van der Waals surface area contributed by atoms with Gasteiger partial charge in [0.05, 0.1) is 25.4 Å². The van der Waals surface area contributed by atoms with Crippen molar-refractivity contribution in [1.29, 1.82) is 0 Å². The second-order valence-corrected chi connectivity index (χ2v) is 11.3. The minimum atomic E-state index is -0.375. The summed E-state index contributed by atoms with van der Waals surface area (Å²) in [7, 11) is 0. The van der Waals surface area contributed by atoms with Crippen LogP contribution in [0.2, 0.25) is 0 Å². The van der Waals surface area contributed by atoms with Crippen molar-refractivity contribution in [2.24, 2.45) is 0 Å². The molecule has 3 atom stereocenters. The number of carbonyl (C=O) groups excluding carboxylic acids is 2. The van der Waals surface area contributed by atoms with Crippen LogP contribution in [0, 0.1) is 0 Å². The zero-order chi connectivity index (χ0) is 26.4. The third kappa shape index (κ3) is 21.5. The van der Waals surface area contributed by atoms with Crippen LogP contribution in [-0.4, -0.2) is 50.1 Å². The van der Waals surface area contributed by atoms with E-state index in [1.807, 2.05) is 0 Å². The first-order chi connectivity index (χ1) is 18.1. The molecular formula is C31H56O6. The first kappa shape index (κ1) is 32.1. The van der Waals surface area contributed by atoms with E-state index in [2.05, 4.69) is 0 Å². The standard InChI is InChI=1S/C31H56O6/c1-27(37-31(33)23-19-15-11-7-3-5-9-13-17-21-29-26-35-29)24-36-30(32)22-18-14-10-6-2-4-8-12-16-20-28-25-34-28/h27-29H,2-26H2,1H3. The van der Waals surface area contributed by atoms with Gasteiger partial charge in [0.2, 0.25) is 0 Å². The van der Waals surface area contributed by atoms with E-state index in [0.717, 1.165) is 38.9 Å². The quantitative estimate of drug-likeness (QED) is 0.0619. The Morgan fingerprint density at radius 2 is 0.946 bits per heavy atom. The van der Waals surface area contributed by atoms with E-state index in [1.165, 1.54) is 103 Å². The van der Waals surface area contributed by atoms with Crippen molar-refractivity contribution in [2.75, 3.05) is 19.8 Å². The minimum absolute atomic E-state index is 0.158. The Balaban J connectivity index is 1.26. The number of ether oxygens (including phenoxy) is 4. The van der Waals surface area contributed by atoms with Crippen LogP contribution in [0.4, 0.5) is 0 Å². The Morgan fingerprint density at radius 1 is 0.595 bits per heavy atom. The molecule has 2 saturated heterocycles. The molecule has 2 fully saturated rings. The van der Waals surface area contributed by atoms with E-state index in [1.54, 1.807) is 6.92 Å². The van der Waals surface area contributed by atoms with Crippen LogP contribution >= 0.6 is 0 Å². The smallest absolute Gasteiger partial charge is 0.306 e. The molecule has 2 heterocycles. The van der Waals surface area contributed by atoms with E-state index in [-0.39, 0.29) is 24.6 Å². The van der Waals surface area contributed by atoms with Crippen LogP contribution < -0.4 is 0 Å². The van der Waals surface area contributed by atoms with E-state index in [9.17, 15) is 9.59 Å². The molecule has 3 unspecified atom stereocenters. The van der Waals surface area contributed by atoms with Gasteiger partial charge in [-0.2, -0.15) is 0 Å². The number of hydrogen-bond acceptors (Lipinski definition) is 6. The van der Waals surface area contributed by atoms with E-state index in [0.29, 0.717) is 25.0 Å². The largest absolute Gasteiger partial charge is 0.462 e. The summed E-state index contributed by atoms with van der Waals surface area (Å²) < 4.78 is 21.2. The molecule has 2 aliphatic heterocycles. The van der Waals surface area contributed by atoms with Gasteiger partial charge in [-0.05, 0) is 32.6 Å². The SMILES string of the molecule is CC(COC(=O)CCCCCCCCCCCC1CO1)OC(=O)CCCCCCCCCCCC1CO1. The van der Waals surface area contributed by atoms with Crippen molar-refractivity contribution in [2.45, 2.75) is 166 Å². The third-order valence-electron chi connectivity index (χ3n) is 7.43.